The zero-order valence-electron chi connectivity index (χ0n) is 14.6. The lowest BCUT2D eigenvalue weighted by Crippen LogP contribution is -2.43. The maximum atomic E-state index is 11.7. The number of hydrogen-bond donors (Lipinski definition) is 3. The Labute approximate surface area is 149 Å². The molecular formula is C15H23N3O6S. The summed E-state index contributed by atoms with van der Waals surface area (Å²) in [6, 6.07) is 0.510. The molecule has 1 unspecified atom stereocenters. The minimum atomic E-state index is -1.16. The molecule has 1 rings (SSSR count). The molecule has 1 heterocycles. The number of aryl methyl sites for hydroxylation is 1. The third kappa shape index (κ3) is 8.99. The Hall–Kier alpha value is -2.23. The molecule has 9 nitrogen and oxygen atoms in total. The molecule has 0 saturated carbocycles. The zero-order chi connectivity index (χ0) is 19.0. The Morgan fingerprint density at radius 3 is 2.60 bits per heavy atom. The number of amides is 2. The van der Waals surface area contributed by atoms with Crippen molar-refractivity contribution in [3.8, 4) is 0 Å². The number of anilines is 1. The standard InChI is InChI=1S/C15H23N3O6S/c1-9-7-12(24-18-9)17-11(19)8-25-6-5-10(13(20)21)16-14(22)23-15(2,3)4/h7,10H,5-6,8H2,1-4H3,(H,16,22)(H,17,19)(H,20,21). The molecule has 0 bridgehead atoms. The van der Waals surface area contributed by atoms with Gasteiger partial charge in [0.05, 0.1) is 11.4 Å². The van der Waals surface area contributed by atoms with Gasteiger partial charge in [0.1, 0.15) is 11.6 Å². The topological polar surface area (TPSA) is 131 Å². The third-order valence-electron chi connectivity index (χ3n) is 2.66. The summed E-state index contributed by atoms with van der Waals surface area (Å²) in [4.78, 5) is 34.5. The molecule has 1 aromatic rings. The number of ether oxygens (including phenoxy) is 1. The summed E-state index contributed by atoms with van der Waals surface area (Å²) < 4.78 is 9.89. The molecule has 0 fully saturated rings. The van der Waals surface area contributed by atoms with E-state index in [1.165, 1.54) is 11.8 Å². The van der Waals surface area contributed by atoms with Crippen molar-refractivity contribution in [2.45, 2.75) is 45.8 Å². The number of aliphatic carboxylic acids is 1. The SMILES string of the molecule is Cc1cc(NC(=O)CSCCC(NC(=O)OC(C)(C)C)C(=O)O)on1. The molecule has 0 saturated heterocycles. The third-order valence-corrected chi connectivity index (χ3v) is 3.65. The largest absolute Gasteiger partial charge is 0.480 e. The quantitative estimate of drug-likeness (QED) is 0.590. The van der Waals surface area contributed by atoms with E-state index in [4.69, 9.17) is 14.4 Å². The van der Waals surface area contributed by atoms with Crippen LogP contribution in [0, 0.1) is 6.92 Å². The van der Waals surface area contributed by atoms with Crippen LogP contribution in [0.5, 0.6) is 0 Å². The van der Waals surface area contributed by atoms with Crippen LogP contribution < -0.4 is 10.6 Å². The first-order valence-electron chi connectivity index (χ1n) is 7.60. The van der Waals surface area contributed by atoms with E-state index in [-0.39, 0.29) is 24.0 Å². The van der Waals surface area contributed by atoms with Crippen LogP contribution in [-0.4, -0.2) is 51.4 Å². The Balaban J connectivity index is 2.31. The van der Waals surface area contributed by atoms with Crippen molar-refractivity contribution >= 4 is 35.6 Å². The fourth-order valence-corrected chi connectivity index (χ4v) is 2.47. The summed E-state index contributed by atoms with van der Waals surface area (Å²) >= 11 is 1.24. The van der Waals surface area contributed by atoms with Crippen molar-refractivity contribution in [3.63, 3.8) is 0 Å². The van der Waals surface area contributed by atoms with E-state index < -0.39 is 23.7 Å². The predicted octanol–water partition coefficient (Wildman–Crippen LogP) is 2.02. The van der Waals surface area contributed by atoms with Crippen molar-refractivity contribution < 1.29 is 28.8 Å². The van der Waals surface area contributed by atoms with Gasteiger partial charge in [0, 0.05) is 6.07 Å². The van der Waals surface area contributed by atoms with Crippen LogP contribution in [0.25, 0.3) is 0 Å². The Kier molecular flexibility index (Phi) is 7.75. The molecule has 1 aromatic heterocycles. The molecule has 0 aliphatic heterocycles. The summed E-state index contributed by atoms with van der Waals surface area (Å²) in [5, 5.41) is 17.6. The van der Waals surface area contributed by atoms with Gasteiger partial charge in [-0.2, -0.15) is 11.8 Å². The fraction of sp³-hybridized carbons (Fsp3) is 0.600. The number of nitrogens with zero attached hydrogens (tertiary/aromatic N) is 1. The van der Waals surface area contributed by atoms with Gasteiger partial charge in [-0.1, -0.05) is 5.16 Å². The smallest absolute Gasteiger partial charge is 0.408 e. The van der Waals surface area contributed by atoms with Crippen LogP contribution in [0.4, 0.5) is 10.7 Å². The molecule has 140 valence electrons. The maximum absolute atomic E-state index is 11.7. The van der Waals surface area contributed by atoms with Gasteiger partial charge in [0.25, 0.3) is 0 Å². The lowest BCUT2D eigenvalue weighted by molar-refractivity contribution is -0.139. The molecular weight excluding hydrogens is 350 g/mol. The lowest BCUT2D eigenvalue weighted by atomic mass is 10.2. The van der Waals surface area contributed by atoms with Crippen molar-refractivity contribution in [3.05, 3.63) is 11.8 Å². The van der Waals surface area contributed by atoms with E-state index in [0.29, 0.717) is 11.4 Å². The first kappa shape index (κ1) is 20.8. The highest BCUT2D eigenvalue weighted by Gasteiger charge is 2.23. The molecule has 0 spiro atoms. The summed E-state index contributed by atoms with van der Waals surface area (Å²) in [5.74, 6) is -0.687. The monoisotopic (exact) mass is 373 g/mol. The molecule has 0 aliphatic carbocycles. The second-order valence-corrected chi connectivity index (χ2v) is 7.36. The van der Waals surface area contributed by atoms with E-state index in [0.717, 1.165) is 0 Å². The number of nitrogens with one attached hydrogen (secondary N) is 2. The second kappa shape index (κ2) is 9.30. The van der Waals surface area contributed by atoms with Crippen molar-refractivity contribution in [2.24, 2.45) is 0 Å². The zero-order valence-corrected chi connectivity index (χ0v) is 15.4. The summed E-state index contributed by atoms with van der Waals surface area (Å²) in [6.45, 7) is 6.80. The first-order chi connectivity index (χ1) is 11.6. The lowest BCUT2D eigenvalue weighted by Gasteiger charge is -2.21. The number of carbonyl (C=O) groups excluding carboxylic acids is 2. The molecule has 2 amide bonds. The number of thioether (sulfide) groups is 1. The Morgan fingerprint density at radius 2 is 2.08 bits per heavy atom. The number of carbonyl (C=O) groups is 3. The molecule has 0 aliphatic rings. The molecule has 25 heavy (non-hydrogen) atoms. The number of rotatable bonds is 8. The van der Waals surface area contributed by atoms with Gasteiger partial charge in [-0.3, -0.25) is 10.1 Å². The normalized spacial score (nSPS) is 12.3. The molecule has 0 radical (unpaired) electrons. The number of aromatic nitrogens is 1. The van der Waals surface area contributed by atoms with Crippen molar-refractivity contribution in [1.29, 1.82) is 0 Å². The second-order valence-electron chi connectivity index (χ2n) is 6.26. The van der Waals surface area contributed by atoms with Gasteiger partial charge in [0.15, 0.2) is 0 Å². The Morgan fingerprint density at radius 1 is 1.40 bits per heavy atom. The highest BCUT2D eigenvalue weighted by Crippen LogP contribution is 2.11. The van der Waals surface area contributed by atoms with Crippen molar-refractivity contribution in [2.75, 3.05) is 16.8 Å². The van der Waals surface area contributed by atoms with Crippen molar-refractivity contribution in [1.82, 2.24) is 10.5 Å². The number of alkyl carbamates (subject to hydrolysis) is 1. The van der Waals surface area contributed by atoms with Gasteiger partial charge >= 0.3 is 12.1 Å². The van der Waals surface area contributed by atoms with E-state index in [1.807, 2.05) is 0 Å². The molecule has 3 N–H and O–H groups in total. The number of carboxylic acids is 1. The molecule has 1 atom stereocenters. The van der Waals surface area contributed by atoms with Gasteiger partial charge < -0.3 is 19.7 Å². The highest BCUT2D eigenvalue weighted by molar-refractivity contribution is 7.99. The van der Waals surface area contributed by atoms with Gasteiger partial charge in [-0.05, 0) is 39.9 Å². The first-order valence-corrected chi connectivity index (χ1v) is 8.75. The van der Waals surface area contributed by atoms with Crippen LogP contribution >= 0.6 is 11.8 Å². The minimum Gasteiger partial charge on any atom is -0.480 e. The van der Waals surface area contributed by atoms with Crippen LogP contribution in [0.3, 0.4) is 0 Å². The summed E-state index contributed by atoms with van der Waals surface area (Å²) in [6.07, 6.45) is -0.628. The maximum Gasteiger partial charge on any atom is 0.408 e. The summed E-state index contributed by atoms with van der Waals surface area (Å²) in [7, 11) is 0. The van der Waals surface area contributed by atoms with E-state index in [2.05, 4.69) is 15.8 Å². The summed E-state index contributed by atoms with van der Waals surface area (Å²) in [5.41, 5.74) is -0.0561. The fourth-order valence-electron chi connectivity index (χ4n) is 1.67. The van der Waals surface area contributed by atoms with Crippen LogP contribution in [0.2, 0.25) is 0 Å². The minimum absolute atomic E-state index is 0.124. The average molecular weight is 373 g/mol. The van der Waals surface area contributed by atoms with E-state index in [9.17, 15) is 14.4 Å². The Bertz CT molecular complexity index is 611. The number of hydrogen-bond acceptors (Lipinski definition) is 7. The van der Waals surface area contributed by atoms with Crippen LogP contribution in [0.1, 0.15) is 32.9 Å². The average Bonchev–Trinajstić information content (AvgIpc) is 2.85. The van der Waals surface area contributed by atoms with Gasteiger partial charge in [0.2, 0.25) is 11.8 Å². The van der Waals surface area contributed by atoms with E-state index >= 15 is 0 Å². The van der Waals surface area contributed by atoms with Crippen LogP contribution in [0.15, 0.2) is 10.6 Å². The van der Waals surface area contributed by atoms with Gasteiger partial charge in [-0.25, -0.2) is 9.59 Å². The molecule has 10 heteroatoms. The number of carboxylic acid groups (broad SMARTS) is 1. The predicted molar refractivity (Wildman–Crippen MR) is 92.6 cm³/mol. The van der Waals surface area contributed by atoms with E-state index in [1.54, 1.807) is 33.8 Å². The van der Waals surface area contributed by atoms with Crippen LogP contribution in [-0.2, 0) is 14.3 Å². The highest BCUT2D eigenvalue weighted by atomic mass is 32.2. The molecule has 0 aromatic carbocycles. The van der Waals surface area contributed by atoms with Gasteiger partial charge in [-0.15, -0.1) is 0 Å².